The van der Waals surface area contributed by atoms with Crippen molar-refractivity contribution in [3.8, 4) is 0 Å². The summed E-state index contributed by atoms with van der Waals surface area (Å²) < 4.78 is 27.7. The second-order valence-electron chi connectivity index (χ2n) is 6.45. The van der Waals surface area contributed by atoms with E-state index in [-0.39, 0.29) is 11.8 Å². The van der Waals surface area contributed by atoms with E-state index in [9.17, 15) is 8.42 Å². The lowest BCUT2D eigenvalue weighted by Crippen LogP contribution is -2.34. The van der Waals surface area contributed by atoms with E-state index in [2.05, 4.69) is 4.72 Å². The Labute approximate surface area is 127 Å². The van der Waals surface area contributed by atoms with Gasteiger partial charge < -0.3 is 5.73 Å². The van der Waals surface area contributed by atoms with Crippen LogP contribution in [-0.2, 0) is 16.4 Å². The smallest absolute Gasteiger partial charge is 0.212 e. The molecule has 1 fully saturated rings. The van der Waals surface area contributed by atoms with Gasteiger partial charge in [-0.3, -0.25) is 0 Å². The standard InChI is InChI=1S/C16H24N2O2S/c17-14-8-9-15-13(10-14)6-3-7-16(15)18-21(19,20)11-12-4-1-2-5-12/h8-10,12,16,18H,1-7,11,17H2. The molecule has 0 radical (unpaired) electrons. The van der Waals surface area contributed by atoms with Gasteiger partial charge in [0.15, 0.2) is 0 Å². The van der Waals surface area contributed by atoms with Crippen LogP contribution in [0.4, 0.5) is 5.69 Å². The highest BCUT2D eigenvalue weighted by atomic mass is 32.2. The summed E-state index contributed by atoms with van der Waals surface area (Å²) in [5.74, 6) is 0.630. The molecular formula is C16H24N2O2S. The normalized spacial score (nSPS) is 23.1. The van der Waals surface area contributed by atoms with Crippen molar-refractivity contribution in [3.63, 3.8) is 0 Å². The molecule has 0 saturated heterocycles. The molecule has 0 aromatic heterocycles. The van der Waals surface area contributed by atoms with Gasteiger partial charge in [-0.2, -0.15) is 0 Å². The van der Waals surface area contributed by atoms with Crippen molar-refractivity contribution in [1.29, 1.82) is 0 Å². The summed E-state index contributed by atoms with van der Waals surface area (Å²) in [5, 5.41) is 0. The average Bonchev–Trinajstić information content (AvgIpc) is 2.90. The number of anilines is 1. The van der Waals surface area contributed by atoms with Crippen LogP contribution in [0.1, 0.15) is 55.7 Å². The third-order valence-corrected chi connectivity index (χ3v) is 6.29. The minimum atomic E-state index is -3.20. The van der Waals surface area contributed by atoms with Crippen LogP contribution in [-0.4, -0.2) is 14.2 Å². The number of nitrogens with two attached hydrogens (primary N) is 1. The highest BCUT2D eigenvalue weighted by Crippen LogP contribution is 2.32. The molecule has 1 atom stereocenters. The summed E-state index contributed by atoms with van der Waals surface area (Å²) in [4.78, 5) is 0. The third-order valence-electron chi connectivity index (χ3n) is 4.73. The van der Waals surface area contributed by atoms with Crippen LogP contribution in [0.5, 0.6) is 0 Å². The fourth-order valence-electron chi connectivity index (χ4n) is 3.71. The largest absolute Gasteiger partial charge is 0.399 e. The van der Waals surface area contributed by atoms with Crippen molar-refractivity contribution in [3.05, 3.63) is 29.3 Å². The van der Waals surface area contributed by atoms with Crippen molar-refractivity contribution in [2.24, 2.45) is 5.92 Å². The molecule has 1 aromatic rings. The molecule has 116 valence electrons. The van der Waals surface area contributed by atoms with Gasteiger partial charge >= 0.3 is 0 Å². The first-order valence-corrected chi connectivity index (χ1v) is 9.57. The molecule has 5 heteroatoms. The Morgan fingerprint density at radius 3 is 2.67 bits per heavy atom. The fourth-order valence-corrected chi connectivity index (χ4v) is 5.44. The summed E-state index contributed by atoms with van der Waals surface area (Å²) in [6, 6.07) is 5.74. The number of sulfonamides is 1. The molecule has 2 aliphatic rings. The number of rotatable bonds is 4. The Morgan fingerprint density at radius 1 is 1.14 bits per heavy atom. The first-order valence-electron chi connectivity index (χ1n) is 7.92. The molecule has 21 heavy (non-hydrogen) atoms. The summed E-state index contributed by atoms with van der Waals surface area (Å²) in [7, 11) is -3.20. The van der Waals surface area contributed by atoms with E-state index < -0.39 is 10.0 Å². The minimum Gasteiger partial charge on any atom is -0.399 e. The number of nitrogen functional groups attached to an aromatic ring is 1. The molecule has 4 nitrogen and oxygen atoms in total. The zero-order valence-electron chi connectivity index (χ0n) is 12.3. The Hall–Kier alpha value is -1.07. The van der Waals surface area contributed by atoms with Crippen molar-refractivity contribution >= 4 is 15.7 Å². The van der Waals surface area contributed by atoms with Gasteiger partial charge in [0.25, 0.3) is 0 Å². The average molecular weight is 308 g/mol. The lowest BCUT2D eigenvalue weighted by molar-refractivity contribution is 0.496. The molecule has 3 rings (SSSR count). The summed E-state index contributed by atoms with van der Waals surface area (Å²) in [6.07, 6.45) is 7.32. The van der Waals surface area contributed by atoms with E-state index in [4.69, 9.17) is 5.73 Å². The fraction of sp³-hybridized carbons (Fsp3) is 0.625. The van der Waals surface area contributed by atoms with Crippen molar-refractivity contribution in [2.75, 3.05) is 11.5 Å². The summed E-state index contributed by atoms with van der Waals surface area (Å²) >= 11 is 0. The molecular weight excluding hydrogens is 284 g/mol. The number of hydrogen-bond donors (Lipinski definition) is 2. The monoisotopic (exact) mass is 308 g/mol. The van der Waals surface area contributed by atoms with Crippen LogP contribution in [0.2, 0.25) is 0 Å². The number of hydrogen-bond acceptors (Lipinski definition) is 3. The number of benzene rings is 1. The van der Waals surface area contributed by atoms with E-state index in [0.29, 0.717) is 5.92 Å². The van der Waals surface area contributed by atoms with Gasteiger partial charge in [-0.15, -0.1) is 0 Å². The van der Waals surface area contributed by atoms with E-state index in [1.54, 1.807) is 0 Å². The Balaban J connectivity index is 1.73. The van der Waals surface area contributed by atoms with Crippen molar-refractivity contribution < 1.29 is 8.42 Å². The number of aryl methyl sites for hydroxylation is 1. The molecule has 0 heterocycles. The van der Waals surface area contributed by atoms with E-state index in [1.807, 2.05) is 18.2 Å². The molecule has 2 aliphatic carbocycles. The molecule has 0 bridgehead atoms. The SMILES string of the molecule is Nc1ccc2c(c1)CCCC2NS(=O)(=O)CC1CCCC1. The van der Waals surface area contributed by atoms with E-state index in [0.717, 1.165) is 43.4 Å². The molecule has 0 spiro atoms. The second-order valence-corrected chi connectivity index (χ2v) is 8.25. The summed E-state index contributed by atoms with van der Waals surface area (Å²) in [5.41, 5.74) is 8.87. The molecule has 1 unspecified atom stereocenters. The quantitative estimate of drug-likeness (QED) is 0.840. The van der Waals surface area contributed by atoms with Gasteiger partial charge in [0.05, 0.1) is 5.75 Å². The van der Waals surface area contributed by atoms with Crippen LogP contribution in [0.15, 0.2) is 18.2 Å². The highest BCUT2D eigenvalue weighted by molar-refractivity contribution is 7.89. The molecule has 1 saturated carbocycles. The first-order chi connectivity index (χ1) is 10.0. The lowest BCUT2D eigenvalue weighted by Gasteiger charge is -2.27. The van der Waals surface area contributed by atoms with E-state index >= 15 is 0 Å². The lowest BCUT2D eigenvalue weighted by atomic mass is 9.88. The predicted molar refractivity (Wildman–Crippen MR) is 85.4 cm³/mol. The second kappa shape index (κ2) is 5.97. The maximum atomic E-state index is 12.4. The minimum absolute atomic E-state index is 0.0826. The van der Waals surface area contributed by atoms with Gasteiger partial charge in [0.1, 0.15) is 0 Å². The number of fused-ring (bicyclic) bond motifs is 1. The molecule has 0 amide bonds. The van der Waals surface area contributed by atoms with Gasteiger partial charge in [-0.05, 0) is 61.3 Å². The molecule has 1 aromatic carbocycles. The summed E-state index contributed by atoms with van der Waals surface area (Å²) in [6.45, 7) is 0. The molecule has 0 aliphatic heterocycles. The zero-order chi connectivity index (χ0) is 14.9. The number of nitrogens with one attached hydrogen (secondary N) is 1. The van der Waals surface area contributed by atoms with Gasteiger partial charge in [-0.25, -0.2) is 13.1 Å². The van der Waals surface area contributed by atoms with E-state index in [1.165, 1.54) is 18.4 Å². The Kier molecular flexibility index (Phi) is 4.22. The van der Waals surface area contributed by atoms with Crippen molar-refractivity contribution in [2.45, 2.75) is 51.0 Å². The maximum Gasteiger partial charge on any atom is 0.212 e. The Morgan fingerprint density at radius 2 is 1.90 bits per heavy atom. The predicted octanol–water partition coefficient (Wildman–Crippen LogP) is 2.76. The van der Waals surface area contributed by atoms with Gasteiger partial charge in [0, 0.05) is 11.7 Å². The topological polar surface area (TPSA) is 72.2 Å². The maximum absolute atomic E-state index is 12.4. The zero-order valence-corrected chi connectivity index (χ0v) is 13.2. The first kappa shape index (κ1) is 14.9. The van der Waals surface area contributed by atoms with Crippen LogP contribution < -0.4 is 10.5 Å². The molecule has 3 N–H and O–H groups in total. The van der Waals surface area contributed by atoms with Crippen LogP contribution in [0, 0.1) is 5.92 Å². The van der Waals surface area contributed by atoms with Crippen LogP contribution in [0.3, 0.4) is 0 Å². The third kappa shape index (κ3) is 3.58. The van der Waals surface area contributed by atoms with Crippen molar-refractivity contribution in [1.82, 2.24) is 4.72 Å². The van der Waals surface area contributed by atoms with Gasteiger partial charge in [-0.1, -0.05) is 18.9 Å². The van der Waals surface area contributed by atoms with Crippen LogP contribution >= 0.6 is 0 Å². The van der Waals surface area contributed by atoms with Gasteiger partial charge in [0.2, 0.25) is 10.0 Å². The Bertz CT molecular complexity index is 607. The van der Waals surface area contributed by atoms with Crippen LogP contribution in [0.25, 0.3) is 0 Å². The highest BCUT2D eigenvalue weighted by Gasteiger charge is 2.27.